The Morgan fingerprint density at radius 3 is 2.43 bits per heavy atom. The molecule has 148 valence electrons. The summed E-state index contributed by atoms with van der Waals surface area (Å²) in [7, 11) is 0. The maximum absolute atomic E-state index is 12.5. The van der Waals surface area contributed by atoms with Crippen LogP contribution in [0.2, 0.25) is 0 Å². The van der Waals surface area contributed by atoms with Crippen molar-refractivity contribution in [3.8, 4) is 5.75 Å². The second kappa shape index (κ2) is 10.8. The normalized spacial score (nSPS) is 12.0. The molecule has 0 saturated carbocycles. The van der Waals surface area contributed by atoms with E-state index in [1.807, 2.05) is 6.07 Å². The molecule has 0 aliphatic rings. The first kappa shape index (κ1) is 21.1. The van der Waals surface area contributed by atoms with Crippen molar-refractivity contribution in [1.29, 1.82) is 0 Å². The third-order valence-corrected chi connectivity index (χ3v) is 3.74. The number of hydrogen-bond donors (Lipinski definition) is 1. The summed E-state index contributed by atoms with van der Waals surface area (Å²) in [5, 5.41) is 2.74. The van der Waals surface area contributed by atoms with Gasteiger partial charge in [0.1, 0.15) is 5.75 Å². The van der Waals surface area contributed by atoms with Crippen LogP contribution < -0.4 is 10.1 Å². The van der Waals surface area contributed by atoms with Crippen LogP contribution in [-0.2, 0) is 14.3 Å². The maximum atomic E-state index is 12.5. The summed E-state index contributed by atoms with van der Waals surface area (Å²) in [6.07, 6.45) is 2.55. The largest absolute Gasteiger partial charge is 0.466 e. The molecule has 0 fully saturated rings. The van der Waals surface area contributed by atoms with Gasteiger partial charge < -0.3 is 14.8 Å². The SMILES string of the molecule is CCOC(=O)CC(NC(=O)/C=C/c1ccccc1OC(F)F)c1ccccc1. The van der Waals surface area contributed by atoms with Gasteiger partial charge in [0.05, 0.1) is 19.1 Å². The lowest BCUT2D eigenvalue weighted by Gasteiger charge is -2.17. The summed E-state index contributed by atoms with van der Waals surface area (Å²) in [5.74, 6) is -0.950. The quantitative estimate of drug-likeness (QED) is 0.518. The van der Waals surface area contributed by atoms with E-state index in [2.05, 4.69) is 10.1 Å². The molecule has 28 heavy (non-hydrogen) atoms. The van der Waals surface area contributed by atoms with Crippen LogP contribution in [0.1, 0.15) is 30.5 Å². The van der Waals surface area contributed by atoms with Gasteiger partial charge in [-0.3, -0.25) is 9.59 Å². The van der Waals surface area contributed by atoms with E-state index >= 15 is 0 Å². The molecule has 2 rings (SSSR count). The van der Waals surface area contributed by atoms with E-state index < -0.39 is 24.5 Å². The van der Waals surface area contributed by atoms with Gasteiger partial charge in [0.15, 0.2) is 0 Å². The summed E-state index contributed by atoms with van der Waals surface area (Å²) < 4.78 is 34.3. The number of carbonyl (C=O) groups is 2. The van der Waals surface area contributed by atoms with Gasteiger partial charge in [-0.05, 0) is 24.6 Å². The van der Waals surface area contributed by atoms with E-state index in [1.165, 1.54) is 18.2 Å². The van der Waals surface area contributed by atoms with Crippen molar-refractivity contribution >= 4 is 18.0 Å². The van der Waals surface area contributed by atoms with Crippen LogP contribution in [0.25, 0.3) is 6.08 Å². The Hall–Kier alpha value is -3.22. The highest BCUT2D eigenvalue weighted by atomic mass is 19.3. The van der Waals surface area contributed by atoms with Gasteiger partial charge in [-0.15, -0.1) is 0 Å². The molecule has 7 heteroatoms. The number of esters is 1. The molecule has 2 aromatic carbocycles. The lowest BCUT2D eigenvalue weighted by Crippen LogP contribution is -2.29. The molecule has 0 bridgehead atoms. The first-order valence-electron chi connectivity index (χ1n) is 8.72. The first-order chi connectivity index (χ1) is 13.5. The van der Waals surface area contributed by atoms with Crippen LogP contribution >= 0.6 is 0 Å². The average Bonchev–Trinajstić information content (AvgIpc) is 2.67. The van der Waals surface area contributed by atoms with E-state index in [9.17, 15) is 18.4 Å². The second-order valence-corrected chi connectivity index (χ2v) is 5.73. The molecule has 5 nitrogen and oxygen atoms in total. The Bertz CT molecular complexity index is 809. The van der Waals surface area contributed by atoms with Gasteiger partial charge >= 0.3 is 12.6 Å². The third-order valence-electron chi connectivity index (χ3n) is 3.74. The summed E-state index contributed by atoms with van der Waals surface area (Å²) in [4.78, 5) is 24.2. The minimum atomic E-state index is -2.96. The average molecular weight is 389 g/mol. The monoisotopic (exact) mass is 389 g/mol. The van der Waals surface area contributed by atoms with Crippen LogP contribution in [0.5, 0.6) is 5.75 Å². The molecule has 0 aromatic heterocycles. The molecule has 1 atom stereocenters. The van der Waals surface area contributed by atoms with Crippen molar-refractivity contribution in [2.24, 2.45) is 0 Å². The van der Waals surface area contributed by atoms with Crippen LogP contribution in [0.4, 0.5) is 8.78 Å². The Morgan fingerprint density at radius 2 is 1.75 bits per heavy atom. The van der Waals surface area contributed by atoms with E-state index in [-0.39, 0.29) is 18.8 Å². The molecule has 1 N–H and O–H groups in total. The topological polar surface area (TPSA) is 64.6 Å². The van der Waals surface area contributed by atoms with Gasteiger partial charge in [0.2, 0.25) is 5.91 Å². The van der Waals surface area contributed by atoms with Crippen molar-refractivity contribution in [1.82, 2.24) is 5.32 Å². The Morgan fingerprint density at radius 1 is 1.07 bits per heavy atom. The highest BCUT2D eigenvalue weighted by molar-refractivity contribution is 5.92. The van der Waals surface area contributed by atoms with Crippen molar-refractivity contribution in [3.05, 3.63) is 71.8 Å². The van der Waals surface area contributed by atoms with Crippen LogP contribution in [0, 0.1) is 0 Å². The molecular formula is C21H21F2NO4. The standard InChI is InChI=1S/C21H21F2NO4/c1-2-27-20(26)14-17(15-8-4-3-5-9-15)24-19(25)13-12-16-10-6-7-11-18(16)28-21(22)23/h3-13,17,21H,2,14H2,1H3,(H,24,25)/b13-12+. The molecule has 0 saturated heterocycles. The third kappa shape index (κ3) is 6.83. The number of carbonyl (C=O) groups excluding carboxylic acids is 2. The van der Waals surface area contributed by atoms with Gasteiger partial charge in [0.25, 0.3) is 0 Å². The number of ether oxygens (including phenoxy) is 2. The highest BCUT2D eigenvalue weighted by Crippen LogP contribution is 2.22. The molecule has 1 amide bonds. The Kier molecular flexibility index (Phi) is 8.14. The van der Waals surface area contributed by atoms with Crippen LogP contribution in [0.15, 0.2) is 60.7 Å². The van der Waals surface area contributed by atoms with E-state index in [4.69, 9.17) is 4.74 Å². The molecule has 0 spiro atoms. The van der Waals surface area contributed by atoms with Crippen LogP contribution in [0.3, 0.4) is 0 Å². The van der Waals surface area contributed by atoms with Crippen molar-refractivity contribution in [2.75, 3.05) is 6.61 Å². The molecule has 0 radical (unpaired) electrons. The maximum Gasteiger partial charge on any atom is 0.387 e. The minimum Gasteiger partial charge on any atom is -0.466 e. The number of halogens is 2. The zero-order chi connectivity index (χ0) is 20.4. The molecule has 0 aliphatic carbocycles. The molecule has 2 aromatic rings. The smallest absolute Gasteiger partial charge is 0.387 e. The zero-order valence-corrected chi connectivity index (χ0v) is 15.3. The minimum absolute atomic E-state index is 0.0253. The number of alkyl halides is 2. The van der Waals surface area contributed by atoms with Gasteiger partial charge in [0, 0.05) is 11.6 Å². The number of rotatable bonds is 9. The molecule has 0 heterocycles. The number of benzene rings is 2. The van der Waals surface area contributed by atoms with Crippen LogP contribution in [-0.4, -0.2) is 25.1 Å². The summed E-state index contributed by atoms with van der Waals surface area (Å²) in [5.41, 5.74) is 1.08. The fraction of sp³-hybridized carbons (Fsp3) is 0.238. The van der Waals surface area contributed by atoms with Crippen molar-refractivity contribution in [2.45, 2.75) is 26.0 Å². The van der Waals surface area contributed by atoms with Crippen molar-refractivity contribution in [3.63, 3.8) is 0 Å². The summed E-state index contributed by atoms with van der Waals surface area (Å²) in [6.45, 7) is -1.01. The molecule has 1 unspecified atom stereocenters. The highest BCUT2D eigenvalue weighted by Gasteiger charge is 2.18. The zero-order valence-electron chi connectivity index (χ0n) is 15.3. The number of hydrogen-bond acceptors (Lipinski definition) is 4. The van der Waals surface area contributed by atoms with Gasteiger partial charge in [-0.1, -0.05) is 48.5 Å². The van der Waals surface area contributed by atoms with Gasteiger partial charge in [-0.2, -0.15) is 8.78 Å². The van der Waals surface area contributed by atoms with Crippen molar-refractivity contribution < 1.29 is 27.8 Å². The second-order valence-electron chi connectivity index (χ2n) is 5.73. The lowest BCUT2D eigenvalue weighted by molar-refractivity contribution is -0.143. The van der Waals surface area contributed by atoms with E-state index in [0.29, 0.717) is 5.56 Å². The molecule has 0 aliphatic heterocycles. The lowest BCUT2D eigenvalue weighted by atomic mass is 10.0. The number of amides is 1. The Labute approximate surface area is 162 Å². The fourth-order valence-corrected chi connectivity index (χ4v) is 2.53. The predicted molar refractivity (Wildman–Crippen MR) is 101 cm³/mol. The molecular weight excluding hydrogens is 368 g/mol. The first-order valence-corrected chi connectivity index (χ1v) is 8.72. The number of para-hydroxylation sites is 1. The fourth-order valence-electron chi connectivity index (χ4n) is 2.53. The van der Waals surface area contributed by atoms with Gasteiger partial charge in [-0.25, -0.2) is 0 Å². The number of nitrogens with one attached hydrogen (secondary N) is 1. The Balaban J connectivity index is 2.11. The summed E-state index contributed by atoms with van der Waals surface area (Å²) >= 11 is 0. The predicted octanol–water partition coefficient (Wildman–Crippen LogP) is 4.11. The van der Waals surface area contributed by atoms with E-state index in [1.54, 1.807) is 49.4 Å². The summed E-state index contributed by atoms with van der Waals surface area (Å²) in [6, 6.07) is 14.6. The van der Waals surface area contributed by atoms with E-state index in [0.717, 1.165) is 5.56 Å².